The maximum absolute atomic E-state index is 11.9. The van der Waals surface area contributed by atoms with Crippen molar-refractivity contribution in [1.82, 2.24) is 10.6 Å². The summed E-state index contributed by atoms with van der Waals surface area (Å²) in [6, 6.07) is 16.7. The van der Waals surface area contributed by atoms with Gasteiger partial charge in [-0.3, -0.25) is 9.59 Å². The van der Waals surface area contributed by atoms with Gasteiger partial charge < -0.3 is 20.8 Å². The Labute approximate surface area is 163 Å². The molecule has 0 aliphatic rings. The number of rotatable bonds is 9. The van der Waals surface area contributed by atoms with Gasteiger partial charge in [-0.15, -0.1) is 0 Å². The molecule has 7 heteroatoms. The molecule has 0 aliphatic heterocycles. The second-order valence-electron chi connectivity index (χ2n) is 6.66. The Balaban J connectivity index is 2.06. The van der Waals surface area contributed by atoms with Gasteiger partial charge in [-0.1, -0.05) is 61.5 Å². The second kappa shape index (κ2) is 10.1. The summed E-state index contributed by atoms with van der Waals surface area (Å²) in [5, 5.41) is 22.7. The molecule has 2 atom stereocenters. The van der Waals surface area contributed by atoms with E-state index in [1.54, 1.807) is 6.92 Å². The van der Waals surface area contributed by atoms with E-state index in [1.807, 2.05) is 54.6 Å². The van der Waals surface area contributed by atoms with E-state index in [1.165, 1.54) is 0 Å². The van der Waals surface area contributed by atoms with E-state index in [-0.39, 0.29) is 6.42 Å². The molecule has 148 valence electrons. The van der Waals surface area contributed by atoms with Gasteiger partial charge in [0.2, 0.25) is 0 Å². The number of urea groups is 1. The highest BCUT2D eigenvalue weighted by molar-refractivity contribution is 5.80. The van der Waals surface area contributed by atoms with Crippen molar-refractivity contribution in [1.29, 1.82) is 0 Å². The molecule has 0 aromatic heterocycles. The first-order valence-corrected chi connectivity index (χ1v) is 8.98. The first-order valence-electron chi connectivity index (χ1n) is 8.98. The summed E-state index contributed by atoms with van der Waals surface area (Å²) >= 11 is 0. The number of hydrogen-bond donors (Lipinski definition) is 4. The smallest absolute Gasteiger partial charge is 0.323 e. The van der Waals surface area contributed by atoms with Crippen molar-refractivity contribution < 1.29 is 24.6 Å². The molecule has 0 saturated heterocycles. The van der Waals surface area contributed by atoms with Crippen LogP contribution in [0, 0.1) is 5.92 Å². The van der Waals surface area contributed by atoms with Crippen molar-refractivity contribution in [2.75, 3.05) is 6.54 Å². The summed E-state index contributed by atoms with van der Waals surface area (Å²) in [7, 11) is 0. The van der Waals surface area contributed by atoms with Crippen LogP contribution in [0.5, 0.6) is 0 Å². The van der Waals surface area contributed by atoms with E-state index in [0.717, 1.165) is 16.7 Å². The van der Waals surface area contributed by atoms with Crippen molar-refractivity contribution in [3.05, 3.63) is 60.2 Å². The van der Waals surface area contributed by atoms with Crippen LogP contribution in [0.2, 0.25) is 0 Å². The molecule has 7 nitrogen and oxygen atoms in total. The van der Waals surface area contributed by atoms with Crippen molar-refractivity contribution in [3.63, 3.8) is 0 Å². The van der Waals surface area contributed by atoms with E-state index in [9.17, 15) is 14.4 Å². The van der Waals surface area contributed by atoms with E-state index in [2.05, 4.69) is 10.6 Å². The topological polar surface area (TPSA) is 116 Å². The average Bonchev–Trinajstić information content (AvgIpc) is 2.67. The van der Waals surface area contributed by atoms with Crippen LogP contribution in [0.3, 0.4) is 0 Å². The number of carbonyl (C=O) groups is 3. The number of aliphatic carboxylic acids is 2. The van der Waals surface area contributed by atoms with E-state index >= 15 is 0 Å². The highest BCUT2D eigenvalue weighted by Gasteiger charge is 2.20. The number of carboxylic acids is 2. The second-order valence-corrected chi connectivity index (χ2v) is 6.66. The van der Waals surface area contributed by atoms with E-state index in [0.29, 0.717) is 6.42 Å². The number of nitrogens with one attached hydrogen (secondary N) is 2. The van der Waals surface area contributed by atoms with Gasteiger partial charge in [0, 0.05) is 6.04 Å². The first-order chi connectivity index (χ1) is 13.3. The molecule has 2 rings (SSSR count). The van der Waals surface area contributed by atoms with Crippen molar-refractivity contribution >= 4 is 18.0 Å². The highest BCUT2D eigenvalue weighted by atomic mass is 16.4. The molecule has 0 aliphatic carbocycles. The van der Waals surface area contributed by atoms with Crippen LogP contribution in [0.25, 0.3) is 11.1 Å². The first kappa shape index (κ1) is 21.0. The lowest BCUT2D eigenvalue weighted by Crippen LogP contribution is -2.45. The summed E-state index contributed by atoms with van der Waals surface area (Å²) in [5.41, 5.74) is 3.10. The Morgan fingerprint density at radius 1 is 0.929 bits per heavy atom. The molecule has 0 fully saturated rings. The SMILES string of the molecule is C[C@H](CC(Cc1ccc(-c2ccccc2)cc1)NC(=O)NCC(=O)O)C(=O)O. The van der Waals surface area contributed by atoms with Crippen LogP contribution in [0.1, 0.15) is 18.9 Å². The predicted octanol–water partition coefficient (Wildman–Crippen LogP) is 2.76. The molecule has 0 radical (unpaired) electrons. The van der Waals surface area contributed by atoms with Gasteiger partial charge in [0.15, 0.2) is 0 Å². The summed E-state index contributed by atoms with van der Waals surface area (Å²) in [4.78, 5) is 33.7. The Bertz CT molecular complexity index is 805. The van der Waals surface area contributed by atoms with Crippen LogP contribution >= 0.6 is 0 Å². The minimum atomic E-state index is -1.15. The van der Waals surface area contributed by atoms with Crippen LogP contribution in [-0.4, -0.2) is 40.8 Å². The molecule has 0 heterocycles. The summed E-state index contributed by atoms with van der Waals surface area (Å²) in [6.45, 7) is 1.07. The summed E-state index contributed by atoms with van der Waals surface area (Å²) in [6.07, 6.45) is 0.670. The number of carbonyl (C=O) groups excluding carboxylic acids is 1. The van der Waals surface area contributed by atoms with Crippen LogP contribution < -0.4 is 10.6 Å². The summed E-state index contributed by atoms with van der Waals surface area (Å²) in [5.74, 6) is -2.74. The van der Waals surface area contributed by atoms with Crippen molar-refractivity contribution in [3.8, 4) is 11.1 Å². The fraction of sp³-hybridized carbons (Fsp3) is 0.286. The fourth-order valence-electron chi connectivity index (χ4n) is 2.86. The Morgan fingerprint density at radius 2 is 1.54 bits per heavy atom. The maximum Gasteiger partial charge on any atom is 0.323 e. The Hall–Kier alpha value is -3.35. The quantitative estimate of drug-likeness (QED) is 0.531. The minimum absolute atomic E-state index is 0.232. The molecule has 2 aromatic carbocycles. The molecular weight excluding hydrogens is 360 g/mol. The molecular formula is C21H24N2O5. The van der Waals surface area contributed by atoms with Gasteiger partial charge in [0.1, 0.15) is 6.54 Å². The van der Waals surface area contributed by atoms with Crippen LogP contribution in [0.4, 0.5) is 4.79 Å². The van der Waals surface area contributed by atoms with Gasteiger partial charge in [0.05, 0.1) is 5.92 Å². The largest absolute Gasteiger partial charge is 0.481 e. The monoisotopic (exact) mass is 384 g/mol. The minimum Gasteiger partial charge on any atom is -0.481 e. The molecule has 28 heavy (non-hydrogen) atoms. The van der Waals surface area contributed by atoms with Gasteiger partial charge in [0.25, 0.3) is 0 Å². The lowest BCUT2D eigenvalue weighted by atomic mass is 9.95. The van der Waals surface area contributed by atoms with Gasteiger partial charge in [-0.05, 0) is 29.5 Å². The fourth-order valence-corrected chi connectivity index (χ4v) is 2.86. The van der Waals surface area contributed by atoms with Crippen molar-refractivity contribution in [2.24, 2.45) is 5.92 Å². The lowest BCUT2D eigenvalue weighted by molar-refractivity contribution is -0.141. The van der Waals surface area contributed by atoms with Gasteiger partial charge in [-0.25, -0.2) is 4.79 Å². The molecule has 4 N–H and O–H groups in total. The predicted molar refractivity (Wildman–Crippen MR) is 105 cm³/mol. The molecule has 0 spiro atoms. The Kier molecular flexibility index (Phi) is 7.56. The third-order valence-electron chi connectivity index (χ3n) is 4.34. The lowest BCUT2D eigenvalue weighted by Gasteiger charge is -2.21. The third-order valence-corrected chi connectivity index (χ3v) is 4.34. The number of amides is 2. The van der Waals surface area contributed by atoms with Crippen LogP contribution in [0.15, 0.2) is 54.6 Å². The van der Waals surface area contributed by atoms with E-state index in [4.69, 9.17) is 10.2 Å². The highest BCUT2D eigenvalue weighted by Crippen LogP contribution is 2.20. The zero-order valence-electron chi connectivity index (χ0n) is 15.6. The van der Waals surface area contributed by atoms with E-state index < -0.39 is 36.5 Å². The number of carboxylic acid groups (broad SMARTS) is 2. The normalized spacial score (nSPS) is 12.6. The van der Waals surface area contributed by atoms with Gasteiger partial charge in [-0.2, -0.15) is 0 Å². The Morgan fingerprint density at radius 3 is 2.11 bits per heavy atom. The van der Waals surface area contributed by atoms with Crippen LogP contribution in [-0.2, 0) is 16.0 Å². The van der Waals surface area contributed by atoms with Crippen molar-refractivity contribution in [2.45, 2.75) is 25.8 Å². The standard InChI is InChI=1S/C21H24N2O5/c1-14(20(26)27)11-18(23-21(28)22-13-19(24)25)12-15-7-9-17(10-8-15)16-5-3-2-4-6-16/h2-10,14,18H,11-13H2,1H3,(H,24,25)(H,26,27)(H2,22,23,28)/t14-,18?/m1/s1. The summed E-state index contributed by atoms with van der Waals surface area (Å²) < 4.78 is 0. The zero-order chi connectivity index (χ0) is 20.5. The molecule has 1 unspecified atom stereocenters. The molecule has 0 bridgehead atoms. The third kappa shape index (κ3) is 6.75. The number of benzene rings is 2. The molecule has 2 aromatic rings. The molecule has 0 saturated carbocycles. The maximum atomic E-state index is 11.9. The van der Waals surface area contributed by atoms with Gasteiger partial charge >= 0.3 is 18.0 Å². The average molecular weight is 384 g/mol. The molecule has 2 amide bonds. The number of hydrogen-bond acceptors (Lipinski definition) is 3. The zero-order valence-corrected chi connectivity index (χ0v) is 15.6.